The molecule has 3 fully saturated rings. The number of benzene rings is 1. The minimum atomic E-state index is 0.409. The molecule has 2 aliphatic heterocycles. The third-order valence-corrected chi connectivity index (χ3v) is 3.42. The van der Waals surface area contributed by atoms with Crippen molar-refractivity contribution >= 4 is 0 Å². The largest absolute Gasteiger partial charge is 0.370 e. The molecule has 2 heterocycles. The van der Waals surface area contributed by atoms with Gasteiger partial charge in [0.2, 0.25) is 0 Å². The van der Waals surface area contributed by atoms with Crippen LogP contribution in [0.1, 0.15) is 37.4 Å². The molecule has 0 bridgehead atoms. The van der Waals surface area contributed by atoms with Crippen LogP contribution in [0, 0.1) is 0 Å². The van der Waals surface area contributed by atoms with Gasteiger partial charge < -0.3 is 9.47 Å². The van der Waals surface area contributed by atoms with Gasteiger partial charge in [-0.3, -0.25) is 0 Å². The van der Waals surface area contributed by atoms with Crippen molar-refractivity contribution in [2.24, 2.45) is 0 Å². The Labute approximate surface area is 96.6 Å². The highest BCUT2D eigenvalue weighted by Crippen LogP contribution is 2.35. The smallest absolute Gasteiger partial charge is 0.106 e. The molecule has 16 heavy (non-hydrogen) atoms. The number of hydrogen-bond acceptors (Lipinski definition) is 2. The molecule has 0 N–H and O–H groups in total. The first kappa shape index (κ1) is 10.3. The topological polar surface area (TPSA) is 25.1 Å². The van der Waals surface area contributed by atoms with Gasteiger partial charge in [-0.05, 0) is 18.4 Å². The van der Waals surface area contributed by atoms with Crippen molar-refractivity contribution < 1.29 is 9.47 Å². The van der Waals surface area contributed by atoms with Crippen molar-refractivity contribution in [1.29, 1.82) is 0 Å². The van der Waals surface area contributed by atoms with Crippen LogP contribution in [0.2, 0.25) is 0 Å². The molecule has 4 rings (SSSR count). The maximum Gasteiger partial charge on any atom is 0.106 e. The third-order valence-electron chi connectivity index (χ3n) is 3.42. The molecule has 2 heteroatoms. The highest BCUT2D eigenvalue weighted by atomic mass is 16.6. The highest BCUT2D eigenvalue weighted by Gasteiger charge is 2.39. The fraction of sp³-hybridized carbons (Fsp3) is 0.571. The lowest BCUT2D eigenvalue weighted by atomic mass is 10.0. The van der Waals surface area contributed by atoms with Crippen LogP contribution in [0.3, 0.4) is 0 Å². The van der Waals surface area contributed by atoms with Crippen LogP contribution >= 0.6 is 0 Å². The first-order chi connectivity index (χ1) is 7.93. The van der Waals surface area contributed by atoms with E-state index in [2.05, 4.69) is 12.1 Å². The quantitative estimate of drug-likeness (QED) is 0.677. The summed E-state index contributed by atoms with van der Waals surface area (Å²) in [5.74, 6) is 0. The molecule has 1 aliphatic carbocycles. The van der Waals surface area contributed by atoms with Gasteiger partial charge in [0.05, 0.1) is 18.8 Å². The number of rotatable bonds is 1. The number of hydrogen-bond donors (Lipinski definition) is 0. The van der Waals surface area contributed by atoms with Gasteiger partial charge in [0.1, 0.15) is 6.10 Å². The maximum absolute atomic E-state index is 5.28. The summed E-state index contributed by atoms with van der Waals surface area (Å²) in [6.45, 7) is 0.907. The first-order valence-electron chi connectivity index (χ1n) is 6.25. The van der Waals surface area contributed by atoms with Gasteiger partial charge >= 0.3 is 0 Å². The summed E-state index contributed by atoms with van der Waals surface area (Å²) in [6, 6.07) is 10.3. The second-order valence-corrected chi connectivity index (χ2v) is 4.73. The van der Waals surface area contributed by atoms with E-state index in [4.69, 9.17) is 9.47 Å². The average Bonchev–Trinajstić information content (AvgIpc) is 3.23. The van der Waals surface area contributed by atoms with Crippen molar-refractivity contribution in [3.8, 4) is 0 Å². The number of epoxide rings is 2. The molecule has 1 saturated carbocycles. The predicted octanol–water partition coefficient (Wildman–Crippen LogP) is 3.09. The molecule has 2 saturated heterocycles. The lowest BCUT2D eigenvalue weighted by Gasteiger charge is -2.00. The Kier molecular flexibility index (Phi) is 2.94. The summed E-state index contributed by atoms with van der Waals surface area (Å²) in [7, 11) is 0. The molecule has 0 spiro atoms. The van der Waals surface area contributed by atoms with E-state index in [1.807, 2.05) is 18.2 Å². The van der Waals surface area contributed by atoms with E-state index in [-0.39, 0.29) is 0 Å². The van der Waals surface area contributed by atoms with E-state index in [0.29, 0.717) is 18.3 Å². The summed E-state index contributed by atoms with van der Waals surface area (Å²) < 4.78 is 10.4. The molecule has 86 valence electrons. The molecule has 1 aromatic rings. The van der Waals surface area contributed by atoms with E-state index < -0.39 is 0 Å². The van der Waals surface area contributed by atoms with Crippen LogP contribution in [0.5, 0.6) is 0 Å². The zero-order valence-electron chi connectivity index (χ0n) is 9.47. The van der Waals surface area contributed by atoms with Crippen molar-refractivity contribution in [3.63, 3.8) is 0 Å². The van der Waals surface area contributed by atoms with Crippen LogP contribution < -0.4 is 0 Å². The van der Waals surface area contributed by atoms with Crippen LogP contribution in [0.4, 0.5) is 0 Å². The number of ether oxygens (including phenoxy) is 2. The summed E-state index contributed by atoms with van der Waals surface area (Å²) in [4.78, 5) is 0. The molecule has 0 radical (unpaired) electrons. The standard InChI is InChI=1S/C8H8O.C6H10O/c1-2-4-7(5-3-1)8-6-9-8;1-2-4-6-5(3-1)7-6/h1-5,8H,6H2;5-6H,1-4H2. The van der Waals surface area contributed by atoms with E-state index in [1.165, 1.54) is 31.2 Å². The lowest BCUT2D eigenvalue weighted by Crippen LogP contribution is -2.00. The molecule has 2 nitrogen and oxygen atoms in total. The van der Waals surface area contributed by atoms with Crippen LogP contribution in [-0.4, -0.2) is 18.8 Å². The van der Waals surface area contributed by atoms with Gasteiger partial charge in [-0.15, -0.1) is 0 Å². The first-order valence-corrected chi connectivity index (χ1v) is 6.25. The average molecular weight is 218 g/mol. The molecule has 3 unspecified atom stereocenters. The SMILES string of the molecule is C1CCC2OC2C1.c1ccc(C2CO2)cc1. The predicted molar refractivity (Wildman–Crippen MR) is 62.3 cm³/mol. The van der Waals surface area contributed by atoms with Gasteiger partial charge in [0.25, 0.3) is 0 Å². The fourth-order valence-corrected chi connectivity index (χ4v) is 2.29. The Morgan fingerprint density at radius 1 is 0.938 bits per heavy atom. The summed E-state index contributed by atoms with van der Waals surface area (Å²) in [5, 5.41) is 0. The second kappa shape index (κ2) is 4.56. The molecular weight excluding hydrogens is 200 g/mol. The number of fused-ring (bicyclic) bond motifs is 1. The second-order valence-electron chi connectivity index (χ2n) is 4.73. The van der Waals surface area contributed by atoms with Crippen LogP contribution in [0.15, 0.2) is 30.3 Å². The Morgan fingerprint density at radius 2 is 1.56 bits per heavy atom. The fourth-order valence-electron chi connectivity index (χ4n) is 2.29. The van der Waals surface area contributed by atoms with E-state index in [9.17, 15) is 0 Å². The monoisotopic (exact) mass is 218 g/mol. The lowest BCUT2D eigenvalue weighted by molar-refractivity contribution is 0.373. The summed E-state index contributed by atoms with van der Waals surface area (Å²) in [6.07, 6.45) is 7.30. The van der Waals surface area contributed by atoms with Gasteiger partial charge in [0, 0.05) is 0 Å². The highest BCUT2D eigenvalue weighted by molar-refractivity contribution is 5.19. The van der Waals surface area contributed by atoms with E-state index in [1.54, 1.807) is 0 Å². The van der Waals surface area contributed by atoms with Crippen molar-refractivity contribution in [1.82, 2.24) is 0 Å². The Bertz CT molecular complexity index is 322. The molecule has 3 atom stereocenters. The van der Waals surface area contributed by atoms with Gasteiger partial charge in [0.15, 0.2) is 0 Å². The van der Waals surface area contributed by atoms with Crippen molar-refractivity contribution in [3.05, 3.63) is 35.9 Å². The van der Waals surface area contributed by atoms with E-state index in [0.717, 1.165) is 6.61 Å². The van der Waals surface area contributed by atoms with Crippen LogP contribution in [0.25, 0.3) is 0 Å². The van der Waals surface area contributed by atoms with E-state index >= 15 is 0 Å². The normalized spacial score (nSPS) is 34.4. The van der Waals surface area contributed by atoms with Gasteiger partial charge in [-0.2, -0.15) is 0 Å². The molecule has 0 aromatic heterocycles. The third kappa shape index (κ3) is 2.63. The summed E-state index contributed by atoms with van der Waals surface area (Å²) >= 11 is 0. The van der Waals surface area contributed by atoms with Gasteiger partial charge in [-0.25, -0.2) is 0 Å². The van der Waals surface area contributed by atoms with Crippen molar-refractivity contribution in [2.45, 2.75) is 44.0 Å². The summed E-state index contributed by atoms with van der Waals surface area (Å²) in [5.41, 5.74) is 1.30. The minimum absolute atomic E-state index is 0.409. The maximum atomic E-state index is 5.28. The molecule has 3 aliphatic rings. The molecule has 0 amide bonds. The Morgan fingerprint density at radius 3 is 2.06 bits per heavy atom. The van der Waals surface area contributed by atoms with Crippen molar-refractivity contribution in [2.75, 3.05) is 6.61 Å². The van der Waals surface area contributed by atoms with Gasteiger partial charge in [-0.1, -0.05) is 43.2 Å². The zero-order valence-corrected chi connectivity index (χ0v) is 9.47. The Balaban J connectivity index is 0.000000104. The van der Waals surface area contributed by atoms with Crippen LogP contribution in [-0.2, 0) is 9.47 Å². The molecule has 1 aromatic carbocycles. The Hall–Kier alpha value is -0.860. The zero-order chi connectivity index (χ0) is 10.8. The minimum Gasteiger partial charge on any atom is -0.370 e. The molecular formula is C14H18O2.